The van der Waals surface area contributed by atoms with E-state index in [0.29, 0.717) is 35.1 Å². The van der Waals surface area contributed by atoms with Gasteiger partial charge in [0.05, 0.1) is 11.8 Å². The fourth-order valence-corrected chi connectivity index (χ4v) is 3.84. The molecule has 2 amide bonds. The van der Waals surface area contributed by atoms with Gasteiger partial charge in [-0.1, -0.05) is 6.07 Å². The molecule has 0 saturated heterocycles. The van der Waals surface area contributed by atoms with Gasteiger partial charge in [0.25, 0.3) is 11.8 Å². The molecule has 1 N–H and O–H groups in total. The van der Waals surface area contributed by atoms with E-state index in [1.807, 2.05) is 24.5 Å². The average molecular weight is 393 g/mol. The normalized spacial score (nSPS) is 13.1. The summed E-state index contributed by atoms with van der Waals surface area (Å²) in [4.78, 5) is 31.2. The summed E-state index contributed by atoms with van der Waals surface area (Å²) in [5, 5.41) is 3.63. The molecule has 1 aliphatic heterocycles. The van der Waals surface area contributed by atoms with Crippen LogP contribution in [-0.2, 0) is 13.0 Å². The first-order valence-electron chi connectivity index (χ1n) is 8.90. The molecule has 0 aliphatic carbocycles. The number of anilines is 1. The Hall–Kier alpha value is -3.06. The quantitative estimate of drug-likeness (QED) is 0.682. The lowest BCUT2D eigenvalue weighted by Gasteiger charge is -2.28. The number of carbonyl (C=O) groups excluding carboxylic acids is 2. The van der Waals surface area contributed by atoms with Crippen molar-refractivity contribution in [3.05, 3.63) is 77.4 Å². The van der Waals surface area contributed by atoms with Crippen molar-refractivity contribution >= 4 is 29.3 Å². The van der Waals surface area contributed by atoms with E-state index in [9.17, 15) is 9.59 Å². The molecule has 3 aromatic rings. The van der Waals surface area contributed by atoms with Crippen LogP contribution in [0.4, 0.5) is 5.69 Å². The third kappa shape index (κ3) is 3.66. The smallest absolute Gasteiger partial charge is 0.289 e. The molecule has 0 fully saturated rings. The number of furan rings is 1. The van der Waals surface area contributed by atoms with Gasteiger partial charge in [0.15, 0.2) is 5.76 Å². The lowest BCUT2D eigenvalue weighted by Crippen LogP contribution is -2.35. The highest BCUT2D eigenvalue weighted by Crippen LogP contribution is 2.25. The second-order valence-corrected chi connectivity index (χ2v) is 7.25. The van der Waals surface area contributed by atoms with Gasteiger partial charge in [-0.15, -0.1) is 11.8 Å². The molecule has 3 heterocycles. The topological polar surface area (TPSA) is 75.4 Å². The molecule has 0 radical (unpaired) electrons. The highest BCUT2D eigenvalue weighted by atomic mass is 32.2. The van der Waals surface area contributed by atoms with Crippen molar-refractivity contribution in [2.75, 3.05) is 18.1 Å². The minimum atomic E-state index is -0.197. The van der Waals surface area contributed by atoms with Gasteiger partial charge < -0.3 is 14.6 Å². The molecular weight excluding hydrogens is 374 g/mol. The van der Waals surface area contributed by atoms with Crippen LogP contribution in [0.5, 0.6) is 0 Å². The number of hydrogen-bond acceptors (Lipinski definition) is 5. The first-order chi connectivity index (χ1) is 13.7. The molecule has 1 aliphatic rings. The largest absolute Gasteiger partial charge is 0.459 e. The lowest BCUT2D eigenvalue weighted by atomic mass is 9.98. The summed E-state index contributed by atoms with van der Waals surface area (Å²) in [5.74, 6) is 0.0240. The molecule has 142 valence electrons. The maximum Gasteiger partial charge on any atom is 0.289 e. The van der Waals surface area contributed by atoms with Crippen LogP contribution in [0, 0.1) is 0 Å². The van der Waals surface area contributed by atoms with Gasteiger partial charge in [0, 0.05) is 25.0 Å². The van der Waals surface area contributed by atoms with Crippen LogP contribution < -0.4 is 5.32 Å². The van der Waals surface area contributed by atoms with Gasteiger partial charge in [-0.05, 0) is 60.2 Å². The second-order valence-electron chi connectivity index (χ2n) is 6.45. The summed E-state index contributed by atoms with van der Waals surface area (Å²) in [6.07, 6.45) is 5.84. The fourth-order valence-electron chi connectivity index (χ4n) is 3.29. The Labute approximate surface area is 166 Å². The number of aromatic nitrogens is 1. The van der Waals surface area contributed by atoms with E-state index in [2.05, 4.69) is 10.3 Å². The summed E-state index contributed by atoms with van der Waals surface area (Å²) >= 11 is 1.43. The molecule has 0 bridgehead atoms. The first-order valence-corrected chi connectivity index (χ1v) is 10.1. The highest BCUT2D eigenvalue weighted by Gasteiger charge is 2.24. The highest BCUT2D eigenvalue weighted by molar-refractivity contribution is 7.98. The Kier molecular flexibility index (Phi) is 5.16. The van der Waals surface area contributed by atoms with Crippen molar-refractivity contribution in [2.24, 2.45) is 0 Å². The Morgan fingerprint density at radius 1 is 1.18 bits per heavy atom. The van der Waals surface area contributed by atoms with Gasteiger partial charge in [-0.3, -0.25) is 9.59 Å². The molecule has 2 aromatic heterocycles. The number of carbonyl (C=O) groups is 2. The number of amides is 2. The molecular formula is C21H19N3O3S. The maximum atomic E-state index is 12.6. The number of nitrogens with zero attached hydrogens (tertiary/aromatic N) is 2. The minimum absolute atomic E-state index is 0.120. The Morgan fingerprint density at radius 2 is 2.07 bits per heavy atom. The van der Waals surface area contributed by atoms with Gasteiger partial charge >= 0.3 is 0 Å². The van der Waals surface area contributed by atoms with E-state index in [1.54, 1.807) is 35.4 Å². The molecule has 7 heteroatoms. The standard InChI is InChI=1S/C21H19N3O3S/c1-28-20-17(4-2-9-22-20)19(25)23-16-7-6-14-8-10-24(13-15(14)12-16)21(26)18-5-3-11-27-18/h2-7,9,11-12H,8,10,13H2,1H3,(H,23,25). The summed E-state index contributed by atoms with van der Waals surface area (Å²) in [5.41, 5.74) is 3.46. The van der Waals surface area contributed by atoms with E-state index < -0.39 is 0 Å². The van der Waals surface area contributed by atoms with Gasteiger partial charge in [0.2, 0.25) is 0 Å². The zero-order valence-corrected chi connectivity index (χ0v) is 16.2. The van der Waals surface area contributed by atoms with Crippen LogP contribution in [0.2, 0.25) is 0 Å². The number of hydrogen-bond donors (Lipinski definition) is 1. The number of benzene rings is 1. The number of nitrogens with one attached hydrogen (secondary N) is 1. The molecule has 0 spiro atoms. The third-order valence-electron chi connectivity index (χ3n) is 4.70. The maximum absolute atomic E-state index is 12.6. The monoisotopic (exact) mass is 393 g/mol. The molecule has 0 saturated carbocycles. The number of pyridine rings is 1. The van der Waals surface area contributed by atoms with Crippen LogP contribution >= 0.6 is 11.8 Å². The predicted octanol–water partition coefficient (Wildman–Crippen LogP) is 3.85. The van der Waals surface area contributed by atoms with E-state index in [1.165, 1.54) is 23.6 Å². The van der Waals surface area contributed by atoms with Crippen molar-refractivity contribution in [1.82, 2.24) is 9.88 Å². The van der Waals surface area contributed by atoms with Gasteiger partial charge in [0.1, 0.15) is 5.03 Å². The second kappa shape index (κ2) is 7.90. The van der Waals surface area contributed by atoms with E-state index in [-0.39, 0.29) is 11.8 Å². The number of thioether (sulfide) groups is 1. The van der Waals surface area contributed by atoms with Crippen LogP contribution in [0.15, 0.2) is 64.4 Å². The zero-order chi connectivity index (χ0) is 19.5. The number of rotatable bonds is 4. The Balaban J connectivity index is 1.52. The van der Waals surface area contributed by atoms with E-state index in [4.69, 9.17) is 4.42 Å². The van der Waals surface area contributed by atoms with Crippen LogP contribution in [-0.4, -0.2) is 34.5 Å². The third-order valence-corrected chi connectivity index (χ3v) is 5.42. The molecule has 28 heavy (non-hydrogen) atoms. The molecule has 4 rings (SSSR count). The van der Waals surface area contributed by atoms with Crippen molar-refractivity contribution < 1.29 is 14.0 Å². The van der Waals surface area contributed by atoms with Crippen molar-refractivity contribution in [2.45, 2.75) is 18.0 Å². The lowest BCUT2D eigenvalue weighted by molar-refractivity contribution is 0.0702. The van der Waals surface area contributed by atoms with Crippen molar-refractivity contribution in [1.29, 1.82) is 0 Å². The predicted molar refractivity (Wildman–Crippen MR) is 108 cm³/mol. The summed E-state index contributed by atoms with van der Waals surface area (Å²) in [6.45, 7) is 1.13. The average Bonchev–Trinajstić information content (AvgIpc) is 3.27. The van der Waals surface area contributed by atoms with E-state index >= 15 is 0 Å². The SMILES string of the molecule is CSc1ncccc1C(=O)Nc1ccc2c(c1)CN(C(=O)c1ccco1)CC2. The Morgan fingerprint density at radius 3 is 2.86 bits per heavy atom. The summed E-state index contributed by atoms with van der Waals surface area (Å²) in [6, 6.07) is 12.7. The molecule has 0 atom stereocenters. The molecule has 6 nitrogen and oxygen atoms in total. The fraction of sp³-hybridized carbons (Fsp3) is 0.190. The van der Waals surface area contributed by atoms with Crippen molar-refractivity contribution in [3.63, 3.8) is 0 Å². The van der Waals surface area contributed by atoms with Crippen LogP contribution in [0.25, 0.3) is 0 Å². The zero-order valence-electron chi connectivity index (χ0n) is 15.3. The minimum Gasteiger partial charge on any atom is -0.459 e. The number of fused-ring (bicyclic) bond motifs is 1. The van der Waals surface area contributed by atoms with Crippen LogP contribution in [0.1, 0.15) is 32.0 Å². The summed E-state index contributed by atoms with van der Waals surface area (Å²) < 4.78 is 5.23. The first kappa shape index (κ1) is 18.3. The molecule has 1 aromatic carbocycles. The van der Waals surface area contributed by atoms with Gasteiger partial charge in [-0.2, -0.15) is 0 Å². The summed E-state index contributed by atoms with van der Waals surface area (Å²) in [7, 11) is 0. The van der Waals surface area contributed by atoms with Crippen molar-refractivity contribution in [3.8, 4) is 0 Å². The Bertz CT molecular complexity index is 1020. The molecule has 0 unspecified atom stereocenters. The van der Waals surface area contributed by atoms with Crippen LogP contribution in [0.3, 0.4) is 0 Å². The van der Waals surface area contributed by atoms with E-state index in [0.717, 1.165) is 12.0 Å². The van der Waals surface area contributed by atoms with Gasteiger partial charge in [-0.25, -0.2) is 4.98 Å².